The number of nitrogens with zero attached hydrogens (tertiary/aromatic N) is 4. The quantitative estimate of drug-likeness (QED) is 0.391. The van der Waals surface area contributed by atoms with E-state index < -0.39 is 0 Å². The van der Waals surface area contributed by atoms with Crippen molar-refractivity contribution in [2.45, 2.75) is 18.8 Å². The molecule has 3 aromatic rings. The molecule has 160 valence electrons. The van der Waals surface area contributed by atoms with Crippen molar-refractivity contribution in [3.05, 3.63) is 59.8 Å². The molecule has 0 spiro atoms. The lowest BCUT2D eigenvalue weighted by Crippen LogP contribution is -2.17. The minimum Gasteiger partial charge on any atom is -0.398 e. The van der Waals surface area contributed by atoms with Crippen LogP contribution >= 0.6 is 0 Å². The fourth-order valence-electron chi connectivity index (χ4n) is 3.05. The zero-order chi connectivity index (χ0) is 21.8. The van der Waals surface area contributed by atoms with Crippen molar-refractivity contribution in [1.29, 1.82) is 0 Å². The van der Waals surface area contributed by atoms with Crippen LogP contribution in [0.1, 0.15) is 30.0 Å². The molecule has 0 atom stereocenters. The van der Waals surface area contributed by atoms with Gasteiger partial charge in [-0.25, -0.2) is 0 Å². The molecule has 9 heteroatoms. The van der Waals surface area contributed by atoms with Crippen LogP contribution in [0.15, 0.2) is 48.5 Å². The number of hydrogen-bond acceptors (Lipinski definition) is 8. The molecule has 1 fully saturated rings. The molecular weight excluding hydrogens is 392 g/mol. The number of carbonyl (C=O) groups is 1. The zero-order valence-corrected chi connectivity index (χ0v) is 17.6. The third-order valence-corrected chi connectivity index (χ3v) is 4.89. The Morgan fingerprint density at radius 3 is 2.68 bits per heavy atom. The van der Waals surface area contributed by atoms with E-state index >= 15 is 0 Å². The van der Waals surface area contributed by atoms with E-state index in [2.05, 4.69) is 30.8 Å². The van der Waals surface area contributed by atoms with E-state index in [1.54, 1.807) is 0 Å². The van der Waals surface area contributed by atoms with Gasteiger partial charge >= 0.3 is 0 Å². The van der Waals surface area contributed by atoms with Gasteiger partial charge in [0.05, 0.1) is 6.54 Å². The average molecular weight is 419 g/mol. The van der Waals surface area contributed by atoms with Crippen molar-refractivity contribution in [1.82, 2.24) is 20.2 Å². The van der Waals surface area contributed by atoms with Gasteiger partial charge in [0, 0.05) is 49.6 Å². The van der Waals surface area contributed by atoms with Crippen LogP contribution in [-0.4, -0.2) is 46.6 Å². The van der Waals surface area contributed by atoms with Crippen LogP contribution in [-0.2, 0) is 4.79 Å². The van der Waals surface area contributed by atoms with Crippen LogP contribution in [0.2, 0.25) is 0 Å². The van der Waals surface area contributed by atoms with Gasteiger partial charge in [-0.3, -0.25) is 9.89 Å². The Labute approximate surface area is 180 Å². The Kier molecular flexibility index (Phi) is 5.83. The van der Waals surface area contributed by atoms with E-state index in [-0.39, 0.29) is 12.3 Å². The molecule has 0 unspecified atom stereocenters. The highest BCUT2D eigenvalue weighted by Gasteiger charge is 2.25. The molecule has 31 heavy (non-hydrogen) atoms. The van der Waals surface area contributed by atoms with E-state index in [9.17, 15) is 4.79 Å². The standard InChI is InChI=1S/C22H26N8O/c1-30(2)21-12-19(25-20-11-18(28-29-20)15-8-9-15)26-22(27-21)24-13-16(31)10-17(23)14-6-4-3-5-7-14/h3-7,10-12,15H,8-9,13,23H2,1-2H3,(H3,24,25,26,27,28,29)/b17-10-. The molecule has 9 nitrogen and oxygen atoms in total. The predicted octanol–water partition coefficient (Wildman–Crippen LogP) is 2.87. The highest BCUT2D eigenvalue weighted by molar-refractivity contribution is 5.98. The monoisotopic (exact) mass is 418 g/mol. The highest BCUT2D eigenvalue weighted by Crippen LogP contribution is 2.39. The summed E-state index contributed by atoms with van der Waals surface area (Å²) in [5, 5.41) is 13.6. The maximum Gasteiger partial charge on any atom is 0.227 e. The number of carbonyl (C=O) groups excluding carboxylic acids is 1. The van der Waals surface area contributed by atoms with Crippen molar-refractivity contribution in [2.24, 2.45) is 5.73 Å². The molecule has 0 saturated heterocycles. The lowest BCUT2D eigenvalue weighted by Gasteiger charge is -2.14. The Bertz CT molecular complexity index is 1090. The Hall–Kier alpha value is -3.88. The van der Waals surface area contributed by atoms with E-state index in [0.717, 1.165) is 11.3 Å². The number of hydrogen-bond donors (Lipinski definition) is 4. The molecule has 1 aromatic carbocycles. The van der Waals surface area contributed by atoms with E-state index in [1.807, 2.05) is 61.5 Å². The third kappa shape index (κ3) is 5.39. The van der Waals surface area contributed by atoms with Crippen LogP contribution in [0, 0.1) is 0 Å². The van der Waals surface area contributed by atoms with Gasteiger partial charge in [-0.15, -0.1) is 0 Å². The molecule has 1 aliphatic carbocycles. The van der Waals surface area contributed by atoms with E-state index in [4.69, 9.17) is 5.73 Å². The zero-order valence-electron chi connectivity index (χ0n) is 17.6. The number of anilines is 4. The summed E-state index contributed by atoms with van der Waals surface area (Å²) in [6.45, 7) is 0.0259. The fraction of sp³-hybridized carbons (Fsp3) is 0.273. The second kappa shape index (κ2) is 8.86. The Morgan fingerprint density at radius 1 is 1.19 bits per heavy atom. The van der Waals surface area contributed by atoms with Crippen molar-refractivity contribution >= 4 is 34.9 Å². The first-order chi connectivity index (χ1) is 15.0. The van der Waals surface area contributed by atoms with Crippen molar-refractivity contribution in [3.8, 4) is 0 Å². The van der Waals surface area contributed by atoms with Gasteiger partial charge in [0.2, 0.25) is 5.95 Å². The first-order valence-corrected chi connectivity index (χ1v) is 10.2. The second-order valence-corrected chi connectivity index (χ2v) is 7.72. The Morgan fingerprint density at radius 2 is 1.97 bits per heavy atom. The summed E-state index contributed by atoms with van der Waals surface area (Å²) in [7, 11) is 3.79. The van der Waals surface area contributed by atoms with Crippen LogP contribution in [0.3, 0.4) is 0 Å². The van der Waals surface area contributed by atoms with E-state index in [1.165, 1.54) is 18.9 Å². The van der Waals surface area contributed by atoms with Gasteiger partial charge < -0.3 is 21.3 Å². The smallest absolute Gasteiger partial charge is 0.227 e. The number of aromatic amines is 1. The Balaban J connectivity index is 1.44. The van der Waals surface area contributed by atoms with Crippen LogP contribution in [0.25, 0.3) is 5.70 Å². The molecule has 5 N–H and O–H groups in total. The maximum absolute atomic E-state index is 12.4. The average Bonchev–Trinajstić information content (AvgIpc) is 3.52. The summed E-state index contributed by atoms with van der Waals surface area (Å²) in [6.07, 6.45) is 3.82. The molecule has 0 aliphatic heterocycles. The lowest BCUT2D eigenvalue weighted by molar-refractivity contribution is -0.113. The molecule has 2 heterocycles. The number of nitrogens with two attached hydrogens (primary N) is 1. The number of ketones is 1. The van der Waals surface area contributed by atoms with Crippen molar-refractivity contribution < 1.29 is 4.79 Å². The normalized spacial score (nSPS) is 13.7. The number of nitrogens with one attached hydrogen (secondary N) is 3. The first kappa shape index (κ1) is 20.4. The largest absolute Gasteiger partial charge is 0.398 e. The minimum absolute atomic E-state index is 0.0259. The lowest BCUT2D eigenvalue weighted by atomic mass is 10.1. The summed E-state index contributed by atoms with van der Waals surface area (Å²) in [6, 6.07) is 13.2. The molecule has 1 saturated carbocycles. The molecular formula is C22H26N8O. The van der Waals surface area contributed by atoms with Gasteiger partial charge in [-0.05, 0) is 18.4 Å². The number of rotatable bonds is 9. The van der Waals surface area contributed by atoms with Crippen molar-refractivity contribution in [2.75, 3.05) is 36.2 Å². The summed E-state index contributed by atoms with van der Waals surface area (Å²) in [5.74, 6) is 2.74. The number of benzene rings is 1. The summed E-state index contributed by atoms with van der Waals surface area (Å²) in [5.41, 5.74) is 8.38. The maximum atomic E-state index is 12.4. The molecule has 2 aromatic heterocycles. The highest BCUT2D eigenvalue weighted by atomic mass is 16.1. The summed E-state index contributed by atoms with van der Waals surface area (Å²) >= 11 is 0. The SMILES string of the molecule is CN(C)c1cc(Nc2cc(C3CC3)[nH]n2)nc(NCC(=O)/C=C(\N)c2ccccc2)n1. The molecule has 0 radical (unpaired) electrons. The van der Waals surface area contributed by atoms with Crippen LogP contribution in [0.5, 0.6) is 0 Å². The molecule has 0 bridgehead atoms. The summed E-state index contributed by atoms with van der Waals surface area (Å²) in [4.78, 5) is 23.2. The number of aromatic nitrogens is 4. The first-order valence-electron chi connectivity index (χ1n) is 10.2. The molecule has 0 amide bonds. The molecule has 4 rings (SSSR count). The van der Waals surface area contributed by atoms with E-state index in [0.29, 0.717) is 35.0 Å². The van der Waals surface area contributed by atoms with Crippen LogP contribution < -0.4 is 21.3 Å². The minimum atomic E-state index is -0.170. The summed E-state index contributed by atoms with van der Waals surface area (Å²) < 4.78 is 0. The van der Waals surface area contributed by atoms with Gasteiger partial charge in [0.15, 0.2) is 11.6 Å². The fourth-order valence-corrected chi connectivity index (χ4v) is 3.05. The second-order valence-electron chi connectivity index (χ2n) is 7.72. The predicted molar refractivity (Wildman–Crippen MR) is 122 cm³/mol. The van der Waals surface area contributed by atoms with Gasteiger partial charge in [0.25, 0.3) is 0 Å². The molecule has 1 aliphatic rings. The van der Waals surface area contributed by atoms with Gasteiger partial charge in [-0.1, -0.05) is 30.3 Å². The number of H-pyrrole nitrogens is 1. The third-order valence-electron chi connectivity index (χ3n) is 4.89. The van der Waals surface area contributed by atoms with Crippen molar-refractivity contribution in [3.63, 3.8) is 0 Å². The van der Waals surface area contributed by atoms with Gasteiger partial charge in [-0.2, -0.15) is 15.1 Å². The van der Waals surface area contributed by atoms with Gasteiger partial charge in [0.1, 0.15) is 11.6 Å². The topological polar surface area (TPSA) is 125 Å². The van der Waals surface area contributed by atoms with Crippen LogP contribution in [0.4, 0.5) is 23.4 Å².